The van der Waals surface area contributed by atoms with Crippen molar-refractivity contribution in [2.24, 2.45) is 5.84 Å². The Morgan fingerprint density at radius 3 is 3.06 bits per heavy atom. The van der Waals surface area contributed by atoms with Crippen LogP contribution in [0.25, 0.3) is 6.08 Å². The van der Waals surface area contributed by atoms with E-state index >= 15 is 0 Å². The van der Waals surface area contributed by atoms with Gasteiger partial charge in [-0.15, -0.1) is 0 Å². The third kappa shape index (κ3) is 4.56. The number of carbonyl (C=O) groups excluding carboxylic acids is 1. The fourth-order valence-corrected chi connectivity index (χ4v) is 1.16. The van der Waals surface area contributed by atoms with Gasteiger partial charge in [-0.2, -0.15) is 0 Å². The molecule has 5 nitrogen and oxygen atoms in total. The Morgan fingerprint density at radius 1 is 1.56 bits per heavy atom. The number of aromatic nitrogens is 1. The molecule has 16 heavy (non-hydrogen) atoms. The number of anilines is 1. The average Bonchev–Trinajstić information content (AvgIpc) is 2.28. The van der Waals surface area contributed by atoms with E-state index in [9.17, 15) is 4.79 Å². The van der Waals surface area contributed by atoms with Crippen molar-refractivity contribution in [2.75, 3.05) is 12.0 Å². The number of nitrogen functional groups attached to an aromatic ring is 1. The van der Waals surface area contributed by atoms with Gasteiger partial charge in [0.25, 0.3) is 0 Å². The van der Waals surface area contributed by atoms with Gasteiger partial charge in [0, 0.05) is 13.5 Å². The molecule has 0 saturated heterocycles. The minimum atomic E-state index is -0.0131. The van der Waals surface area contributed by atoms with Crippen LogP contribution in [0.5, 0.6) is 0 Å². The maximum atomic E-state index is 10.6. The first kappa shape index (κ1) is 12.2. The second-order valence-corrected chi connectivity index (χ2v) is 3.27. The topological polar surface area (TPSA) is 80.0 Å². The zero-order chi connectivity index (χ0) is 11.8. The van der Waals surface area contributed by atoms with Gasteiger partial charge in [0.2, 0.25) is 5.91 Å². The summed E-state index contributed by atoms with van der Waals surface area (Å²) in [5.74, 6) is 5.86. The highest BCUT2D eigenvalue weighted by atomic mass is 16.1. The van der Waals surface area contributed by atoms with Gasteiger partial charge >= 0.3 is 0 Å². The van der Waals surface area contributed by atoms with Gasteiger partial charge in [-0.1, -0.05) is 12.1 Å². The van der Waals surface area contributed by atoms with Crippen molar-refractivity contribution in [2.45, 2.75) is 13.3 Å². The number of amides is 1. The van der Waals surface area contributed by atoms with Crippen molar-refractivity contribution in [1.29, 1.82) is 0 Å². The Hall–Kier alpha value is -1.88. The van der Waals surface area contributed by atoms with Crippen LogP contribution in [0.4, 0.5) is 5.82 Å². The summed E-state index contributed by atoms with van der Waals surface area (Å²) in [6.45, 7) is 2.14. The number of hydrazine groups is 1. The lowest BCUT2D eigenvalue weighted by Crippen LogP contribution is -2.20. The normalized spacial score (nSPS) is 10.4. The van der Waals surface area contributed by atoms with Crippen LogP contribution < -0.4 is 16.6 Å². The molecule has 5 heteroatoms. The monoisotopic (exact) mass is 220 g/mol. The minimum Gasteiger partial charge on any atom is -0.356 e. The maximum absolute atomic E-state index is 10.6. The number of nitrogens with two attached hydrogens (primary N) is 1. The lowest BCUT2D eigenvalue weighted by atomic mass is 10.3. The molecule has 0 unspecified atom stereocenters. The number of nitrogens with zero attached hydrogens (tertiary/aromatic N) is 1. The minimum absolute atomic E-state index is 0.0131. The van der Waals surface area contributed by atoms with Gasteiger partial charge in [0.1, 0.15) is 5.82 Å². The summed E-state index contributed by atoms with van der Waals surface area (Å²) in [5, 5.41) is 2.71. The fraction of sp³-hybridized carbons (Fsp3) is 0.273. The van der Waals surface area contributed by atoms with E-state index in [0.29, 0.717) is 12.4 Å². The molecule has 1 aromatic rings. The van der Waals surface area contributed by atoms with Crippen molar-refractivity contribution in [3.63, 3.8) is 0 Å². The molecule has 0 aromatic carbocycles. The van der Waals surface area contributed by atoms with Gasteiger partial charge < -0.3 is 10.7 Å². The Balaban J connectivity index is 2.40. The molecule has 0 aliphatic heterocycles. The van der Waals surface area contributed by atoms with Crippen LogP contribution in [0, 0.1) is 0 Å². The maximum Gasteiger partial charge on any atom is 0.216 e. The van der Waals surface area contributed by atoms with Gasteiger partial charge in [0.05, 0.1) is 5.69 Å². The van der Waals surface area contributed by atoms with Crippen LogP contribution in [0.3, 0.4) is 0 Å². The van der Waals surface area contributed by atoms with E-state index in [0.717, 1.165) is 12.1 Å². The molecule has 1 amide bonds. The van der Waals surface area contributed by atoms with E-state index in [1.165, 1.54) is 6.92 Å². The summed E-state index contributed by atoms with van der Waals surface area (Å²) in [6.07, 6.45) is 4.63. The largest absolute Gasteiger partial charge is 0.356 e. The molecule has 4 N–H and O–H groups in total. The van der Waals surface area contributed by atoms with Crippen molar-refractivity contribution >= 4 is 17.8 Å². The predicted octanol–water partition coefficient (Wildman–Crippen LogP) is 0.907. The summed E-state index contributed by atoms with van der Waals surface area (Å²) in [5.41, 5.74) is 3.31. The number of hydrogen-bond acceptors (Lipinski definition) is 4. The summed E-state index contributed by atoms with van der Waals surface area (Å²) in [6, 6.07) is 5.54. The standard InChI is InChI=1S/C11H16N4O/c1-9(16)13-8-3-2-5-10-6-4-7-11(14-10)15-12/h2,4-7H,3,8,12H2,1H3,(H,13,16)(H,14,15). The average molecular weight is 220 g/mol. The zero-order valence-electron chi connectivity index (χ0n) is 9.23. The molecule has 0 aliphatic carbocycles. The molecule has 0 bridgehead atoms. The number of carbonyl (C=O) groups is 1. The number of hydrogen-bond donors (Lipinski definition) is 3. The van der Waals surface area contributed by atoms with Crippen LogP contribution in [0.1, 0.15) is 19.0 Å². The van der Waals surface area contributed by atoms with Crippen LogP contribution in [0.2, 0.25) is 0 Å². The molecule has 0 atom stereocenters. The summed E-state index contributed by atoms with van der Waals surface area (Å²) in [4.78, 5) is 14.8. The van der Waals surface area contributed by atoms with E-state index in [-0.39, 0.29) is 5.91 Å². The van der Waals surface area contributed by atoms with Crippen molar-refractivity contribution < 1.29 is 4.79 Å². The van der Waals surface area contributed by atoms with Crippen LogP contribution >= 0.6 is 0 Å². The van der Waals surface area contributed by atoms with E-state index in [1.807, 2.05) is 24.3 Å². The van der Waals surface area contributed by atoms with Gasteiger partial charge in [-0.05, 0) is 24.6 Å². The van der Waals surface area contributed by atoms with Gasteiger partial charge in [-0.25, -0.2) is 10.8 Å². The summed E-state index contributed by atoms with van der Waals surface area (Å²) < 4.78 is 0. The smallest absolute Gasteiger partial charge is 0.216 e. The Morgan fingerprint density at radius 2 is 2.38 bits per heavy atom. The van der Waals surface area contributed by atoms with E-state index in [4.69, 9.17) is 5.84 Å². The molecule has 0 fully saturated rings. The quantitative estimate of drug-likeness (QED) is 0.391. The Bertz CT molecular complexity index is 376. The van der Waals surface area contributed by atoms with Gasteiger partial charge in [-0.3, -0.25) is 4.79 Å². The van der Waals surface area contributed by atoms with Crippen molar-refractivity contribution in [1.82, 2.24) is 10.3 Å². The summed E-state index contributed by atoms with van der Waals surface area (Å²) >= 11 is 0. The number of rotatable bonds is 5. The first-order valence-electron chi connectivity index (χ1n) is 5.07. The highest BCUT2D eigenvalue weighted by molar-refractivity contribution is 5.72. The molecule has 0 aliphatic rings. The second kappa shape index (κ2) is 6.58. The first-order valence-corrected chi connectivity index (χ1v) is 5.07. The third-order valence-electron chi connectivity index (χ3n) is 1.89. The van der Waals surface area contributed by atoms with Crippen molar-refractivity contribution in [3.05, 3.63) is 30.0 Å². The Kier molecular flexibility index (Phi) is 5.01. The molecule has 1 heterocycles. The molecular weight excluding hydrogens is 204 g/mol. The van der Waals surface area contributed by atoms with Gasteiger partial charge in [0.15, 0.2) is 0 Å². The van der Waals surface area contributed by atoms with E-state index in [2.05, 4.69) is 15.7 Å². The van der Waals surface area contributed by atoms with E-state index < -0.39 is 0 Å². The second-order valence-electron chi connectivity index (χ2n) is 3.27. The molecule has 0 saturated carbocycles. The number of pyridine rings is 1. The SMILES string of the molecule is CC(=O)NCCC=Cc1cccc(NN)n1. The lowest BCUT2D eigenvalue weighted by Gasteiger charge is -1.99. The molecule has 0 spiro atoms. The molecule has 1 aromatic heterocycles. The fourth-order valence-electron chi connectivity index (χ4n) is 1.16. The third-order valence-corrected chi connectivity index (χ3v) is 1.89. The van der Waals surface area contributed by atoms with Crippen molar-refractivity contribution in [3.8, 4) is 0 Å². The first-order chi connectivity index (χ1) is 7.72. The Labute approximate surface area is 94.7 Å². The van der Waals surface area contributed by atoms with E-state index in [1.54, 1.807) is 6.07 Å². The van der Waals surface area contributed by atoms with Crippen LogP contribution in [-0.2, 0) is 4.79 Å². The van der Waals surface area contributed by atoms with Crippen LogP contribution in [-0.4, -0.2) is 17.4 Å². The molecular formula is C11H16N4O. The molecule has 1 rings (SSSR count). The molecule has 86 valence electrons. The summed E-state index contributed by atoms with van der Waals surface area (Å²) in [7, 11) is 0. The lowest BCUT2D eigenvalue weighted by molar-refractivity contribution is -0.118. The highest BCUT2D eigenvalue weighted by Gasteiger charge is 1.91. The molecule has 0 radical (unpaired) electrons. The number of nitrogens with one attached hydrogen (secondary N) is 2. The highest BCUT2D eigenvalue weighted by Crippen LogP contribution is 2.04. The van der Waals surface area contributed by atoms with Crippen LogP contribution in [0.15, 0.2) is 24.3 Å². The zero-order valence-corrected chi connectivity index (χ0v) is 9.23. The predicted molar refractivity (Wildman–Crippen MR) is 64.4 cm³/mol.